The quantitative estimate of drug-likeness (QED) is 0.266. The van der Waals surface area contributed by atoms with Crippen LogP contribution in [-0.4, -0.2) is 21.0 Å². The van der Waals surface area contributed by atoms with E-state index < -0.39 is 17.7 Å². The van der Waals surface area contributed by atoms with Crippen molar-refractivity contribution in [3.63, 3.8) is 0 Å². The van der Waals surface area contributed by atoms with Crippen LogP contribution in [0.15, 0.2) is 132 Å². The molecule has 1 amide bonds. The van der Waals surface area contributed by atoms with Crippen molar-refractivity contribution in [3.8, 4) is 12.3 Å². The Kier molecular flexibility index (Phi) is 14.0. The van der Waals surface area contributed by atoms with E-state index in [1.807, 2.05) is 66.6 Å². The van der Waals surface area contributed by atoms with Crippen molar-refractivity contribution in [2.45, 2.75) is 0 Å². The minimum absolute atomic E-state index is 0. The Morgan fingerprint density at radius 2 is 1.10 bits per heavy atom. The van der Waals surface area contributed by atoms with Crippen LogP contribution in [-0.2, 0) is 38.9 Å². The third-order valence-corrected chi connectivity index (χ3v) is 3.70. The van der Waals surface area contributed by atoms with Gasteiger partial charge < -0.3 is 10.2 Å². The Hall–Kier alpha value is -3.19. The SMILES string of the molecule is C#CC(=O)N(C(O)=C1C=CC=C1)C(O)=C1C=CC=C1.[Fe+2].[Fe].c1cc[cH-]c1.c1cc[cH-]c1. The summed E-state index contributed by atoms with van der Waals surface area (Å²) in [7, 11) is 0. The second-order valence-electron chi connectivity index (χ2n) is 5.70. The van der Waals surface area contributed by atoms with Gasteiger partial charge in [0.1, 0.15) is 0 Å². The molecule has 6 heteroatoms. The molecule has 0 aliphatic heterocycles. The molecule has 0 radical (unpaired) electrons. The number of carbonyl (C=O) groups is 1. The summed E-state index contributed by atoms with van der Waals surface area (Å²) in [5, 5.41) is 20.2. The van der Waals surface area contributed by atoms with Gasteiger partial charge in [-0.1, -0.05) is 24.3 Å². The third kappa shape index (κ3) is 9.00. The molecule has 0 spiro atoms. The molecule has 2 N–H and O–H groups in total. The molecule has 2 aliphatic carbocycles. The first-order valence-electron chi connectivity index (χ1n) is 8.85. The maximum atomic E-state index is 11.7. The summed E-state index contributed by atoms with van der Waals surface area (Å²) in [5.74, 6) is 0.205. The zero-order chi connectivity index (χ0) is 20.9. The molecule has 2 aromatic rings. The fraction of sp³-hybridized carbons (Fsp3) is 0. The summed E-state index contributed by atoms with van der Waals surface area (Å²) in [6.45, 7) is 0. The van der Waals surface area contributed by atoms with Crippen molar-refractivity contribution in [2.24, 2.45) is 0 Å². The summed E-state index contributed by atoms with van der Waals surface area (Å²) >= 11 is 0. The van der Waals surface area contributed by atoms with E-state index >= 15 is 0 Å². The van der Waals surface area contributed by atoms with Crippen LogP contribution >= 0.6 is 0 Å². The monoisotopic (exact) mass is 495 g/mol. The maximum Gasteiger partial charge on any atom is 2.00 e. The molecule has 31 heavy (non-hydrogen) atoms. The number of aliphatic hydroxyl groups is 2. The number of allylic oxidation sites excluding steroid dienone is 10. The van der Waals surface area contributed by atoms with Crippen LogP contribution in [0, 0.1) is 12.3 Å². The van der Waals surface area contributed by atoms with Crippen LogP contribution in [0.1, 0.15) is 0 Å². The van der Waals surface area contributed by atoms with E-state index in [9.17, 15) is 15.0 Å². The number of hydrogen-bond donors (Lipinski definition) is 2. The van der Waals surface area contributed by atoms with Gasteiger partial charge in [-0.3, -0.25) is 4.79 Å². The number of rotatable bonds is 2. The average molecular weight is 495 g/mol. The van der Waals surface area contributed by atoms with E-state index in [0.29, 0.717) is 16.0 Å². The van der Waals surface area contributed by atoms with Gasteiger partial charge in [-0.05, 0) is 30.2 Å². The summed E-state index contributed by atoms with van der Waals surface area (Å²) in [6.07, 6.45) is 18.3. The second-order valence-corrected chi connectivity index (χ2v) is 5.70. The molecule has 0 saturated carbocycles. The van der Waals surface area contributed by atoms with Crippen LogP contribution < -0.4 is 0 Å². The number of amides is 1. The van der Waals surface area contributed by atoms with E-state index in [-0.39, 0.29) is 34.1 Å². The first-order chi connectivity index (χ1) is 14.1. The molecular formula is C25H21Fe2NO3. The molecule has 0 atom stereocenters. The number of carbonyl (C=O) groups excluding carboxylic acids is 1. The zero-order valence-corrected chi connectivity index (χ0v) is 18.6. The van der Waals surface area contributed by atoms with Crippen molar-refractivity contribution in [2.75, 3.05) is 0 Å². The fourth-order valence-corrected chi connectivity index (χ4v) is 2.30. The van der Waals surface area contributed by atoms with Gasteiger partial charge in [0.2, 0.25) is 11.8 Å². The van der Waals surface area contributed by atoms with Gasteiger partial charge in [0, 0.05) is 28.2 Å². The Labute approximate surface area is 204 Å². The van der Waals surface area contributed by atoms with Crippen molar-refractivity contribution < 1.29 is 49.1 Å². The van der Waals surface area contributed by atoms with Gasteiger partial charge >= 0.3 is 23.0 Å². The van der Waals surface area contributed by atoms with Crippen molar-refractivity contribution in [1.29, 1.82) is 0 Å². The van der Waals surface area contributed by atoms with Crippen LogP contribution in [0.3, 0.4) is 0 Å². The third-order valence-electron chi connectivity index (χ3n) is 3.70. The van der Waals surface area contributed by atoms with Crippen LogP contribution in [0.4, 0.5) is 0 Å². The zero-order valence-electron chi connectivity index (χ0n) is 16.4. The molecule has 4 rings (SSSR count). The average Bonchev–Trinajstić information content (AvgIpc) is 3.59. The van der Waals surface area contributed by atoms with Gasteiger partial charge in [-0.25, -0.2) is 29.2 Å². The first-order valence-corrected chi connectivity index (χ1v) is 8.85. The van der Waals surface area contributed by atoms with Crippen molar-refractivity contribution >= 4 is 5.91 Å². The number of aliphatic hydroxyl groups excluding tert-OH is 2. The Balaban J connectivity index is 0.000000615. The van der Waals surface area contributed by atoms with E-state index in [1.54, 1.807) is 48.6 Å². The molecule has 4 nitrogen and oxygen atoms in total. The predicted molar refractivity (Wildman–Crippen MR) is 116 cm³/mol. The molecular weight excluding hydrogens is 474 g/mol. The maximum absolute atomic E-state index is 11.7. The van der Waals surface area contributed by atoms with Gasteiger partial charge in [0.15, 0.2) is 0 Å². The molecule has 0 aromatic heterocycles. The van der Waals surface area contributed by atoms with Gasteiger partial charge in [-0.15, -0.1) is 6.42 Å². The number of hydrogen-bond acceptors (Lipinski definition) is 3. The smallest absolute Gasteiger partial charge is 0.494 e. The first kappa shape index (κ1) is 27.8. The Morgan fingerprint density at radius 1 is 0.774 bits per heavy atom. The van der Waals surface area contributed by atoms with Crippen LogP contribution in [0.2, 0.25) is 0 Å². The topological polar surface area (TPSA) is 60.8 Å². The van der Waals surface area contributed by atoms with E-state index in [1.165, 1.54) is 0 Å². The van der Waals surface area contributed by atoms with Gasteiger partial charge in [-0.2, -0.15) is 36.4 Å². The van der Waals surface area contributed by atoms with E-state index in [0.717, 1.165) is 0 Å². The van der Waals surface area contributed by atoms with Gasteiger partial charge in [0.25, 0.3) is 0 Å². The molecule has 0 saturated heterocycles. The summed E-state index contributed by atoms with van der Waals surface area (Å²) < 4.78 is 0. The molecule has 0 heterocycles. The van der Waals surface area contributed by atoms with E-state index in [4.69, 9.17) is 6.42 Å². The van der Waals surface area contributed by atoms with Gasteiger partial charge in [0.05, 0.1) is 0 Å². The largest absolute Gasteiger partial charge is 2.00 e. The molecule has 0 fully saturated rings. The fourth-order valence-electron chi connectivity index (χ4n) is 2.30. The molecule has 2 aliphatic rings. The van der Waals surface area contributed by atoms with E-state index in [2.05, 4.69) is 0 Å². The van der Waals surface area contributed by atoms with Crippen molar-refractivity contribution in [1.82, 2.24) is 4.90 Å². The normalized spacial score (nSPS) is 11.7. The Bertz CT molecular complexity index is 867. The summed E-state index contributed by atoms with van der Waals surface area (Å²) in [5.41, 5.74) is 0.781. The molecule has 160 valence electrons. The summed E-state index contributed by atoms with van der Waals surface area (Å²) in [4.78, 5) is 12.4. The minimum Gasteiger partial charge on any atom is -0.494 e. The Morgan fingerprint density at radius 3 is 1.32 bits per heavy atom. The molecule has 0 bridgehead atoms. The summed E-state index contributed by atoms with van der Waals surface area (Å²) in [6, 6.07) is 20.0. The van der Waals surface area contributed by atoms with Crippen LogP contribution in [0.5, 0.6) is 0 Å². The second kappa shape index (κ2) is 15.6. The number of nitrogens with zero attached hydrogens (tertiary/aromatic N) is 1. The predicted octanol–water partition coefficient (Wildman–Crippen LogP) is 5.05. The number of terminal acetylenes is 1. The minimum atomic E-state index is -0.850. The van der Waals surface area contributed by atoms with Crippen LogP contribution in [0.25, 0.3) is 0 Å². The molecule has 0 unspecified atom stereocenters. The standard InChI is InChI=1S/C15H11NO3.2C5H5.2Fe/c1-2-13(17)16(14(18)11-7-3-4-8-11)15(19)12-9-5-6-10-12;2*1-2-4-5-3-1;;/h1,3-10,18-19H;2*1-5H;;/q;2*-1;;+2. The molecule has 2 aromatic carbocycles. The van der Waals surface area contributed by atoms with Crippen molar-refractivity contribution in [3.05, 3.63) is 132 Å².